The van der Waals surface area contributed by atoms with E-state index in [1.54, 1.807) is 12.3 Å². The minimum absolute atomic E-state index is 0.110. The summed E-state index contributed by atoms with van der Waals surface area (Å²) in [5.41, 5.74) is 0.477. The van der Waals surface area contributed by atoms with Crippen molar-refractivity contribution in [2.75, 3.05) is 13.1 Å². The molecular formula is C11H13NO4S. The monoisotopic (exact) mass is 255 g/mol. The Bertz CT molecular complexity index is 452. The summed E-state index contributed by atoms with van der Waals surface area (Å²) in [6.45, 7) is 3.12. The van der Waals surface area contributed by atoms with Crippen LogP contribution in [0.15, 0.2) is 11.4 Å². The van der Waals surface area contributed by atoms with Crippen LogP contribution < -0.4 is 0 Å². The molecular weight excluding hydrogens is 242 g/mol. The first kappa shape index (κ1) is 13.4. The summed E-state index contributed by atoms with van der Waals surface area (Å²) in [4.78, 5) is 35.2. The van der Waals surface area contributed by atoms with E-state index in [0.29, 0.717) is 17.0 Å². The zero-order valence-electron chi connectivity index (χ0n) is 9.60. The summed E-state index contributed by atoms with van der Waals surface area (Å²) in [6, 6.07) is 1.50. The minimum Gasteiger partial charge on any atom is -0.480 e. The molecule has 0 spiro atoms. The molecule has 0 saturated heterocycles. The summed E-state index contributed by atoms with van der Waals surface area (Å²) in [5, 5.41) is 10.3. The van der Waals surface area contributed by atoms with Gasteiger partial charge in [0.25, 0.3) is 5.91 Å². The number of hydrogen-bond donors (Lipinski definition) is 1. The molecule has 5 nitrogen and oxygen atoms in total. The van der Waals surface area contributed by atoms with Gasteiger partial charge in [-0.1, -0.05) is 0 Å². The van der Waals surface area contributed by atoms with Gasteiger partial charge in [0.1, 0.15) is 6.54 Å². The van der Waals surface area contributed by atoms with Crippen LogP contribution in [0.3, 0.4) is 0 Å². The van der Waals surface area contributed by atoms with Gasteiger partial charge in [0.05, 0.1) is 4.88 Å². The van der Waals surface area contributed by atoms with Crippen LogP contribution >= 0.6 is 11.3 Å². The van der Waals surface area contributed by atoms with Crippen molar-refractivity contribution < 1.29 is 19.5 Å². The van der Waals surface area contributed by atoms with E-state index < -0.39 is 5.97 Å². The normalized spacial score (nSPS) is 10.0. The molecule has 17 heavy (non-hydrogen) atoms. The maximum absolute atomic E-state index is 11.9. The summed E-state index contributed by atoms with van der Waals surface area (Å²) in [6.07, 6.45) is 0. The quantitative estimate of drug-likeness (QED) is 0.809. The molecule has 0 unspecified atom stereocenters. The second-order valence-electron chi connectivity index (χ2n) is 3.47. The van der Waals surface area contributed by atoms with Crippen LogP contribution in [0.4, 0.5) is 0 Å². The summed E-state index contributed by atoms with van der Waals surface area (Å²) in [5.74, 6) is -1.52. The first-order valence-corrected chi connectivity index (χ1v) is 5.94. The standard InChI is InChI=1S/C11H13NO4S/c1-3-12(5-10(14)15)11(16)9-4-8(6-17-9)7(2)13/h4,6H,3,5H2,1-2H3,(H,14,15). The van der Waals surface area contributed by atoms with E-state index in [2.05, 4.69) is 0 Å². The van der Waals surface area contributed by atoms with E-state index in [9.17, 15) is 14.4 Å². The maximum atomic E-state index is 11.9. The molecule has 1 heterocycles. The van der Waals surface area contributed by atoms with Crippen molar-refractivity contribution in [1.82, 2.24) is 4.90 Å². The van der Waals surface area contributed by atoms with Crippen molar-refractivity contribution in [3.05, 3.63) is 21.9 Å². The lowest BCUT2D eigenvalue weighted by Crippen LogP contribution is -2.35. The number of carboxylic acid groups (broad SMARTS) is 1. The molecule has 1 rings (SSSR count). The molecule has 0 aliphatic heterocycles. The highest BCUT2D eigenvalue weighted by molar-refractivity contribution is 7.12. The van der Waals surface area contributed by atoms with E-state index in [-0.39, 0.29) is 18.2 Å². The van der Waals surface area contributed by atoms with Gasteiger partial charge in [0.15, 0.2) is 5.78 Å². The number of hydrogen-bond acceptors (Lipinski definition) is 4. The van der Waals surface area contributed by atoms with Crippen molar-refractivity contribution in [2.45, 2.75) is 13.8 Å². The van der Waals surface area contributed by atoms with Gasteiger partial charge < -0.3 is 10.0 Å². The number of carbonyl (C=O) groups excluding carboxylic acids is 2. The molecule has 0 atom stereocenters. The van der Waals surface area contributed by atoms with Crippen molar-refractivity contribution in [3.63, 3.8) is 0 Å². The first-order valence-electron chi connectivity index (χ1n) is 5.06. The van der Waals surface area contributed by atoms with Crippen LogP contribution in [0, 0.1) is 0 Å². The third kappa shape index (κ3) is 3.39. The summed E-state index contributed by atoms with van der Waals surface area (Å²) >= 11 is 1.15. The van der Waals surface area contributed by atoms with Gasteiger partial charge in [-0.2, -0.15) is 0 Å². The Balaban J connectivity index is 2.86. The molecule has 1 N–H and O–H groups in total. The highest BCUT2D eigenvalue weighted by Crippen LogP contribution is 2.17. The summed E-state index contributed by atoms with van der Waals surface area (Å²) < 4.78 is 0. The van der Waals surface area contributed by atoms with Crippen molar-refractivity contribution in [2.24, 2.45) is 0 Å². The highest BCUT2D eigenvalue weighted by atomic mass is 32.1. The zero-order chi connectivity index (χ0) is 13.0. The second-order valence-corrected chi connectivity index (χ2v) is 4.38. The lowest BCUT2D eigenvalue weighted by molar-refractivity contribution is -0.137. The average Bonchev–Trinajstić information content (AvgIpc) is 2.73. The average molecular weight is 255 g/mol. The number of thiophene rings is 1. The number of aliphatic carboxylic acids is 1. The smallest absolute Gasteiger partial charge is 0.323 e. The Morgan fingerprint density at radius 3 is 2.47 bits per heavy atom. The lowest BCUT2D eigenvalue weighted by Gasteiger charge is -2.17. The highest BCUT2D eigenvalue weighted by Gasteiger charge is 2.19. The topological polar surface area (TPSA) is 74.7 Å². The second kappa shape index (κ2) is 5.58. The summed E-state index contributed by atoms with van der Waals surface area (Å²) in [7, 11) is 0. The predicted molar refractivity (Wildman–Crippen MR) is 63.5 cm³/mol. The van der Waals surface area contributed by atoms with E-state index in [4.69, 9.17) is 5.11 Å². The third-order valence-corrected chi connectivity index (χ3v) is 3.13. The number of likely N-dealkylation sites (N-methyl/N-ethyl adjacent to an activating group) is 1. The Morgan fingerprint density at radius 2 is 2.06 bits per heavy atom. The van der Waals surface area contributed by atoms with Crippen LogP contribution in [0.5, 0.6) is 0 Å². The molecule has 0 aliphatic rings. The first-order chi connectivity index (χ1) is 7.95. The van der Waals surface area contributed by atoms with Gasteiger partial charge >= 0.3 is 5.97 Å². The van der Waals surface area contributed by atoms with Crippen molar-refractivity contribution >= 4 is 29.0 Å². The van der Waals surface area contributed by atoms with Crippen LogP contribution in [-0.4, -0.2) is 40.8 Å². The van der Waals surface area contributed by atoms with Gasteiger partial charge in [-0.05, 0) is 19.9 Å². The number of nitrogens with zero attached hydrogens (tertiary/aromatic N) is 1. The molecule has 92 valence electrons. The predicted octanol–water partition coefficient (Wildman–Crippen LogP) is 1.50. The van der Waals surface area contributed by atoms with Crippen molar-refractivity contribution in [3.8, 4) is 0 Å². The van der Waals surface area contributed by atoms with Crippen LogP contribution in [0.25, 0.3) is 0 Å². The molecule has 0 aliphatic carbocycles. The Kier molecular flexibility index (Phi) is 4.39. The molecule has 0 aromatic carbocycles. The van der Waals surface area contributed by atoms with Gasteiger partial charge in [-0.25, -0.2) is 0 Å². The van der Waals surface area contributed by atoms with Gasteiger partial charge in [-0.3, -0.25) is 14.4 Å². The largest absolute Gasteiger partial charge is 0.480 e. The van der Waals surface area contributed by atoms with Gasteiger partial charge in [0.2, 0.25) is 0 Å². The number of ketones is 1. The molecule has 1 aromatic rings. The Hall–Kier alpha value is -1.69. The number of carbonyl (C=O) groups is 3. The van der Waals surface area contributed by atoms with E-state index >= 15 is 0 Å². The number of carboxylic acids is 1. The molecule has 1 aromatic heterocycles. The Morgan fingerprint density at radius 1 is 1.41 bits per heavy atom. The van der Waals surface area contributed by atoms with Crippen LogP contribution in [-0.2, 0) is 4.79 Å². The third-order valence-electron chi connectivity index (χ3n) is 2.21. The Labute approximate surface area is 103 Å². The fourth-order valence-corrected chi connectivity index (χ4v) is 2.19. The zero-order valence-corrected chi connectivity index (χ0v) is 10.4. The van der Waals surface area contributed by atoms with Gasteiger partial charge in [-0.15, -0.1) is 11.3 Å². The molecule has 0 radical (unpaired) electrons. The minimum atomic E-state index is -1.05. The van der Waals surface area contributed by atoms with Crippen LogP contribution in [0.2, 0.25) is 0 Å². The molecule has 6 heteroatoms. The van der Waals surface area contributed by atoms with E-state index in [1.165, 1.54) is 17.9 Å². The molecule has 1 amide bonds. The fourth-order valence-electron chi connectivity index (χ4n) is 1.28. The lowest BCUT2D eigenvalue weighted by atomic mass is 10.2. The van der Waals surface area contributed by atoms with Gasteiger partial charge in [0, 0.05) is 17.5 Å². The van der Waals surface area contributed by atoms with Crippen LogP contribution in [0.1, 0.15) is 33.9 Å². The number of rotatable bonds is 5. The number of Topliss-reactive ketones (excluding diaryl/α,β-unsaturated/α-hetero) is 1. The number of amides is 1. The van der Waals surface area contributed by atoms with E-state index in [0.717, 1.165) is 11.3 Å². The molecule has 0 bridgehead atoms. The maximum Gasteiger partial charge on any atom is 0.323 e. The molecule has 0 fully saturated rings. The SMILES string of the molecule is CCN(CC(=O)O)C(=O)c1cc(C(C)=O)cs1. The van der Waals surface area contributed by atoms with E-state index in [1.807, 2.05) is 0 Å². The fraction of sp³-hybridized carbons (Fsp3) is 0.364. The molecule has 0 saturated carbocycles. The van der Waals surface area contributed by atoms with Crippen molar-refractivity contribution in [1.29, 1.82) is 0 Å².